The van der Waals surface area contributed by atoms with E-state index in [9.17, 15) is 42.8 Å². The Labute approximate surface area is 170 Å². The van der Waals surface area contributed by atoms with E-state index in [0.29, 0.717) is 24.3 Å². The number of aromatic nitrogens is 1. The summed E-state index contributed by atoms with van der Waals surface area (Å²) in [6.45, 7) is 0.468. The number of pyridine rings is 1. The fourth-order valence-corrected chi connectivity index (χ4v) is 2.92. The molecule has 0 radical (unpaired) electrons. The molecule has 160 valence electrons. The number of carboxylic acid groups (broad SMARTS) is 1. The molecule has 0 fully saturated rings. The molecule has 9 nitrogen and oxygen atoms in total. The van der Waals surface area contributed by atoms with Crippen LogP contribution in [0.15, 0.2) is 35.3 Å². The Kier molecular flexibility index (Phi) is 5.47. The van der Waals surface area contributed by atoms with E-state index in [1.165, 1.54) is 0 Å². The summed E-state index contributed by atoms with van der Waals surface area (Å²) in [6.07, 6.45) is 0.735. The molecule has 1 N–H and O–H groups in total. The Balaban J connectivity index is 2.47. The number of halogens is 3. The molecule has 3 rings (SSSR count). The summed E-state index contributed by atoms with van der Waals surface area (Å²) < 4.78 is 47.5. The van der Waals surface area contributed by atoms with Gasteiger partial charge in [0.1, 0.15) is 12.2 Å². The lowest BCUT2D eigenvalue weighted by molar-refractivity contribution is -0.387. The van der Waals surface area contributed by atoms with Crippen molar-refractivity contribution in [1.29, 1.82) is 0 Å². The van der Waals surface area contributed by atoms with Crippen LogP contribution in [0.5, 0.6) is 0 Å². The van der Waals surface area contributed by atoms with Crippen LogP contribution >= 0.6 is 0 Å². The lowest BCUT2D eigenvalue weighted by Crippen LogP contribution is -2.19. The maximum atomic E-state index is 14.2. The molecular formula is C19H11F3N2O7. The minimum Gasteiger partial charge on any atom is -0.477 e. The van der Waals surface area contributed by atoms with Crippen molar-refractivity contribution >= 4 is 28.5 Å². The predicted octanol–water partition coefficient (Wildman–Crippen LogP) is 3.08. The molecule has 3 aromatic rings. The van der Waals surface area contributed by atoms with Crippen molar-refractivity contribution in [3.05, 3.63) is 79.4 Å². The van der Waals surface area contributed by atoms with E-state index in [4.69, 9.17) is 4.74 Å². The summed E-state index contributed by atoms with van der Waals surface area (Å²) in [5, 5.41) is 20.0. The topological polar surface area (TPSA) is 129 Å². The molecule has 0 amide bonds. The van der Waals surface area contributed by atoms with Crippen LogP contribution < -0.4 is 5.43 Å². The maximum Gasteiger partial charge on any atom is 0.341 e. The van der Waals surface area contributed by atoms with Crippen molar-refractivity contribution in [3.8, 4) is 5.69 Å². The largest absolute Gasteiger partial charge is 0.477 e. The van der Waals surface area contributed by atoms with Crippen molar-refractivity contribution in [2.24, 2.45) is 0 Å². The third-order valence-electron chi connectivity index (χ3n) is 4.31. The lowest BCUT2D eigenvalue weighted by atomic mass is 10.1. The smallest absolute Gasteiger partial charge is 0.341 e. The molecule has 1 heterocycles. The van der Waals surface area contributed by atoms with Gasteiger partial charge in [-0.15, -0.1) is 0 Å². The molecule has 1 aromatic heterocycles. The quantitative estimate of drug-likeness (QED) is 0.370. The number of nitrogens with zero attached hydrogens (tertiary/aromatic N) is 2. The second kappa shape index (κ2) is 7.89. The zero-order chi connectivity index (χ0) is 23.0. The number of carboxylic acids is 1. The highest BCUT2D eigenvalue weighted by atomic mass is 19.2. The molecule has 0 saturated heterocycles. The minimum absolute atomic E-state index is 0.163. The molecule has 2 aromatic carbocycles. The number of aromatic carboxylic acids is 1. The van der Waals surface area contributed by atoms with Gasteiger partial charge in [-0.25, -0.2) is 13.6 Å². The van der Waals surface area contributed by atoms with E-state index in [-0.39, 0.29) is 16.8 Å². The first kappa shape index (κ1) is 21.5. The van der Waals surface area contributed by atoms with Gasteiger partial charge in [0.15, 0.2) is 11.6 Å². The van der Waals surface area contributed by atoms with Crippen LogP contribution in [-0.2, 0) is 16.1 Å². The van der Waals surface area contributed by atoms with Gasteiger partial charge in [-0.2, -0.15) is 4.39 Å². The minimum atomic E-state index is -1.71. The summed E-state index contributed by atoms with van der Waals surface area (Å²) in [7, 11) is 0. The Hall–Kier alpha value is -4.22. The monoisotopic (exact) mass is 436 g/mol. The first-order valence-corrected chi connectivity index (χ1v) is 8.39. The average Bonchev–Trinajstić information content (AvgIpc) is 2.68. The predicted molar refractivity (Wildman–Crippen MR) is 98.5 cm³/mol. The molecule has 0 bridgehead atoms. The van der Waals surface area contributed by atoms with Gasteiger partial charge in [0, 0.05) is 30.8 Å². The van der Waals surface area contributed by atoms with Crippen LogP contribution in [0.4, 0.5) is 18.9 Å². The van der Waals surface area contributed by atoms with Crippen molar-refractivity contribution < 1.29 is 37.5 Å². The van der Waals surface area contributed by atoms with Crippen LogP contribution in [0.3, 0.4) is 0 Å². The van der Waals surface area contributed by atoms with E-state index in [0.717, 1.165) is 17.7 Å². The number of benzene rings is 2. The fourth-order valence-electron chi connectivity index (χ4n) is 2.92. The Bertz CT molecular complexity index is 1330. The second-order valence-electron chi connectivity index (χ2n) is 6.30. The highest BCUT2D eigenvalue weighted by Gasteiger charge is 2.23. The van der Waals surface area contributed by atoms with Crippen LogP contribution in [0, 0.1) is 27.6 Å². The molecule has 12 heteroatoms. The number of nitro groups is 1. The van der Waals surface area contributed by atoms with Gasteiger partial charge in [0.25, 0.3) is 0 Å². The van der Waals surface area contributed by atoms with Gasteiger partial charge >= 0.3 is 17.6 Å². The van der Waals surface area contributed by atoms with Gasteiger partial charge in [0.2, 0.25) is 11.2 Å². The third-order valence-corrected chi connectivity index (χ3v) is 4.31. The van der Waals surface area contributed by atoms with Crippen LogP contribution in [0.2, 0.25) is 0 Å². The zero-order valence-electron chi connectivity index (χ0n) is 15.5. The van der Waals surface area contributed by atoms with Crippen LogP contribution in [0.1, 0.15) is 22.8 Å². The zero-order valence-corrected chi connectivity index (χ0v) is 15.5. The van der Waals surface area contributed by atoms with Crippen molar-refractivity contribution in [1.82, 2.24) is 4.57 Å². The standard InChI is InChI=1S/C19H11F3N2O7/c1-8(25)31-7-9-2-14(22)17(24(29)30)5-15(9)23-6-11(19(27)28)18(26)10-3-12(20)13(21)4-16(10)23/h2-6H,7H2,1H3,(H,27,28). The molecule has 0 unspecified atom stereocenters. The number of fused-ring (bicyclic) bond motifs is 1. The third kappa shape index (κ3) is 3.95. The van der Waals surface area contributed by atoms with E-state index >= 15 is 0 Å². The Morgan fingerprint density at radius 3 is 2.35 bits per heavy atom. The summed E-state index contributed by atoms with van der Waals surface area (Å²) in [5.74, 6) is -6.57. The SMILES string of the molecule is CC(=O)OCc1cc(F)c([N+](=O)[O-])cc1-n1cc(C(=O)O)c(=O)c2cc(F)c(F)cc21. The second-order valence-corrected chi connectivity index (χ2v) is 6.30. The molecule has 0 saturated carbocycles. The van der Waals surface area contributed by atoms with Crippen LogP contribution in [0.25, 0.3) is 16.6 Å². The van der Waals surface area contributed by atoms with Gasteiger partial charge in [-0.1, -0.05) is 0 Å². The Morgan fingerprint density at radius 1 is 1.13 bits per heavy atom. The molecule has 0 aliphatic heterocycles. The fraction of sp³-hybridized carbons (Fsp3) is 0.105. The van der Waals surface area contributed by atoms with E-state index in [2.05, 4.69) is 0 Å². The van der Waals surface area contributed by atoms with Gasteiger partial charge in [-0.3, -0.25) is 19.7 Å². The summed E-state index contributed by atoms with van der Waals surface area (Å²) >= 11 is 0. The number of hydrogen-bond donors (Lipinski definition) is 1. The number of esters is 1. The van der Waals surface area contributed by atoms with Crippen molar-refractivity contribution in [2.45, 2.75) is 13.5 Å². The molecular weight excluding hydrogens is 425 g/mol. The normalized spacial score (nSPS) is 10.8. The summed E-state index contributed by atoms with van der Waals surface area (Å²) in [6, 6.07) is 2.45. The highest BCUT2D eigenvalue weighted by Crippen LogP contribution is 2.29. The number of ether oxygens (including phenoxy) is 1. The summed E-state index contributed by atoms with van der Waals surface area (Å²) in [5.41, 5.74) is -3.80. The molecule has 0 atom stereocenters. The Morgan fingerprint density at radius 2 is 1.77 bits per heavy atom. The molecule has 0 aliphatic carbocycles. The number of nitro benzene ring substituents is 1. The lowest BCUT2D eigenvalue weighted by Gasteiger charge is -2.17. The number of rotatable bonds is 5. The highest BCUT2D eigenvalue weighted by molar-refractivity contribution is 5.93. The number of carbonyl (C=O) groups excluding carboxylic acids is 1. The average molecular weight is 436 g/mol. The van der Waals surface area contributed by atoms with Gasteiger partial charge in [-0.05, 0) is 12.1 Å². The van der Waals surface area contributed by atoms with E-state index in [1.807, 2.05) is 0 Å². The van der Waals surface area contributed by atoms with Crippen molar-refractivity contribution in [3.63, 3.8) is 0 Å². The van der Waals surface area contributed by atoms with E-state index < -0.39 is 63.0 Å². The molecule has 0 aliphatic rings. The van der Waals surface area contributed by atoms with Gasteiger partial charge < -0.3 is 14.4 Å². The molecule has 0 spiro atoms. The first-order chi connectivity index (χ1) is 14.5. The van der Waals surface area contributed by atoms with Gasteiger partial charge in [0.05, 0.1) is 21.5 Å². The van der Waals surface area contributed by atoms with E-state index in [1.54, 1.807) is 0 Å². The molecule has 31 heavy (non-hydrogen) atoms. The number of carbonyl (C=O) groups is 2. The summed E-state index contributed by atoms with van der Waals surface area (Å²) in [4.78, 5) is 45.2. The first-order valence-electron chi connectivity index (χ1n) is 8.39. The van der Waals surface area contributed by atoms with Crippen molar-refractivity contribution in [2.75, 3.05) is 0 Å². The maximum absolute atomic E-state index is 14.2. The number of hydrogen-bond acceptors (Lipinski definition) is 6. The van der Waals surface area contributed by atoms with Crippen LogP contribution in [-0.4, -0.2) is 26.5 Å².